The number of nitriles is 1. The standard InChI is InChI=1S/C17H8F2N4/c18-14-2-1-9(4-15(14)19)10-3-13-12-5-11(6-20)21-8-16(12)23-17(13)22-7-10/h1-5,7-8H,(H,22,23). The second-order valence-electron chi connectivity index (χ2n) is 5.10. The fourth-order valence-electron chi connectivity index (χ4n) is 2.57. The lowest BCUT2D eigenvalue weighted by molar-refractivity contribution is 0.509. The predicted molar refractivity (Wildman–Crippen MR) is 81.5 cm³/mol. The normalized spacial score (nSPS) is 11.0. The topological polar surface area (TPSA) is 65.4 Å². The highest BCUT2D eigenvalue weighted by molar-refractivity contribution is 6.06. The number of pyridine rings is 2. The number of fused-ring (bicyclic) bond motifs is 3. The number of hydrogen-bond donors (Lipinski definition) is 1. The molecule has 0 radical (unpaired) electrons. The molecule has 0 aliphatic heterocycles. The minimum Gasteiger partial charge on any atom is -0.338 e. The van der Waals surface area contributed by atoms with Gasteiger partial charge in [0, 0.05) is 22.5 Å². The minimum atomic E-state index is -0.905. The number of nitrogens with zero attached hydrogens (tertiary/aromatic N) is 3. The van der Waals surface area contributed by atoms with Crippen molar-refractivity contribution < 1.29 is 8.78 Å². The molecule has 0 aliphatic carbocycles. The SMILES string of the molecule is N#Cc1cc2c(cn1)[nH]c1ncc(-c3ccc(F)c(F)c3)cc12. The van der Waals surface area contributed by atoms with E-state index >= 15 is 0 Å². The van der Waals surface area contributed by atoms with Gasteiger partial charge >= 0.3 is 0 Å². The molecule has 3 aromatic heterocycles. The van der Waals surface area contributed by atoms with Crippen LogP contribution in [0.25, 0.3) is 33.1 Å². The molecule has 0 saturated carbocycles. The van der Waals surface area contributed by atoms with Gasteiger partial charge in [0.05, 0.1) is 11.7 Å². The summed E-state index contributed by atoms with van der Waals surface area (Å²) in [6.45, 7) is 0. The molecule has 110 valence electrons. The molecule has 0 spiro atoms. The van der Waals surface area contributed by atoms with E-state index in [9.17, 15) is 8.78 Å². The van der Waals surface area contributed by atoms with Gasteiger partial charge in [-0.2, -0.15) is 5.26 Å². The van der Waals surface area contributed by atoms with E-state index in [-0.39, 0.29) is 0 Å². The summed E-state index contributed by atoms with van der Waals surface area (Å²) >= 11 is 0. The zero-order valence-electron chi connectivity index (χ0n) is 11.6. The van der Waals surface area contributed by atoms with E-state index in [4.69, 9.17) is 5.26 Å². The van der Waals surface area contributed by atoms with Crippen LogP contribution in [-0.2, 0) is 0 Å². The summed E-state index contributed by atoms with van der Waals surface area (Å²) in [4.78, 5) is 11.4. The van der Waals surface area contributed by atoms with E-state index < -0.39 is 11.6 Å². The molecule has 4 aromatic rings. The van der Waals surface area contributed by atoms with Crippen molar-refractivity contribution >= 4 is 21.9 Å². The zero-order chi connectivity index (χ0) is 16.0. The lowest BCUT2D eigenvalue weighted by Crippen LogP contribution is -1.86. The summed E-state index contributed by atoms with van der Waals surface area (Å²) in [6.07, 6.45) is 3.16. The summed E-state index contributed by atoms with van der Waals surface area (Å²) in [5.74, 6) is -1.79. The molecule has 0 unspecified atom stereocenters. The molecule has 23 heavy (non-hydrogen) atoms. The molecule has 3 heterocycles. The highest BCUT2D eigenvalue weighted by Gasteiger charge is 2.10. The Labute approximate surface area is 129 Å². The van der Waals surface area contributed by atoms with Gasteiger partial charge in [-0.05, 0) is 29.8 Å². The van der Waals surface area contributed by atoms with Crippen LogP contribution >= 0.6 is 0 Å². The average Bonchev–Trinajstić information content (AvgIpc) is 2.94. The van der Waals surface area contributed by atoms with Crippen LogP contribution in [-0.4, -0.2) is 15.0 Å². The maximum Gasteiger partial charge on any atom is 0.159 e. The van der Waals surface area contributed by atoms with E-state index in [0.717, 1.165) is 28.4 Å². The molecule has 0 fully saturated rings. The van der Waals surface area contributed by atoms with Gasteiger partial charge in [0.25, 0.3) is 0 Å². The van der Waals surface area contributed by atoms with Crippen molar-refractivity contribution in [2.45, 2.75) is 0 Å². The van der Waals surface area contributed by atoms with Crippen molar-refractivity contribution in [1.29, 1.82) is 5.26 Å². The predicted octanol–water partition coefficient (Wildman–Crippen LogP) is 3.93. The largest absolute Gasteiger partial charge is 0.338 e. The first-order valence-corrected chi connectivity index (χ1v) is 6.79. The molecule has 4 rings (SSSR count). The van der Waals surface area contributed by atoms with Crippen LogP contribution in [0.15, 0.2) is 42.7 Å². The van der Waals surface area contributed by atoms with Gasteiger partial charge in [-0.15, -0.1) is 0 Å². The van der Waals surface area contributed by atoms with Gasteiger partial charge in [0.1, 0.15) is 17.4 Å². The van der Waals surface area contributed by atoms with Crippen LogP contribution in [0.1, 0.15) is 5.69 Å². The van der Waals surface area contributed by atoms with Gasteiger partial charge in [0.15, 0.2) is 11.6 Å². The average molecular weight is 306 g/mol. The van der Waals surface area contributed by atoms with Crippen LogP contribution < -0.4 is 0 Å². The fourth-order valence-corrected chi connectivity index (χ4v) is 2.57. The number of rotatable bonds is 1. The number of nitrogens with one attached hydrogen (secondary N) is 1. The van der Waals surface area contributed by atoms with Crippen LogP contribution in [0.3, 0.4) is 0 Å². The Morgan fingerprint density at radius 1 is 0.913 bits per heavy atom. The van der Waals surface area contributed by atoms with E-state index in [1.807, 2.05) is 12.1 Å². The molecule has 1 aromatic carbocycles. The van der Waals surface area contributed by atoms with Gasteiger partial charge in [0.2, 0.25) is 0 Å². The van der Waals surface area contributed by atoms with Crippen LogP contribution in [0, 0.1) is 23.0 Å². The maximum absolute atomic E-state index is 13.4. The monoisotopic (exact) mass is 306 g/mol. The third kappa shape index (κ3) is 2.10. The van der Waals surface area contributed by atoms with Crippen molar-refractivity contribution in [2.75, 3.05) is 0 Å². The quantitative estimate of drug-likeness (QED) is 0.579. The lowest BCUT2D eigenvalue weighted by Gasteiger charge is -2.02. The third-order valence-corrected chi connectivity index (χ3v) is 3.70. The van der Waals surface area contributed by atoms with Gasteiger partial charge in [-0.1, -0.05) is 6.07 Å². The van der Waals surface area contributed by atoms with Crippen LogP contribution in [0.2, 0.25) is 0 Å². The van der Waals surface area contributed by atoms with E-state index in [1.165, 1.54) is 6.07 Å². The highest BCUT2D eigenvalue weighted by Crippen LogP contribution is 2.29. The van der Waals surface area contributed by atoms with Crippen molar-refractivity contribution in [3.05, 3.63) is 60.1 Å². The van der Waals surface area contributed by atoms with Crippen LogP contribution in [0.4, 0.5) is 8.78 Å². The van der Waals surface area contributed by atoms with Gasteiger partial charge < -0.3 is 4.98 Å². The smallest absolute Gasteiger partial charge is 0.159 e. The summed E-state index contributed by atoms with van der Waals surface area (Å²) in [5.41, 5.74) is 2.89. The summed E-state index contributed by atoms with van der Waals surface area (Å²) in [7, 11) is 0. The molecule has 6 heteroatoms. The number of aromatic nitrogens is 3. The lowest BCUT2D eigenvalue weighted by atomic mass is 10.1. The molecular weight excluding hydrogens is 298 g/mol. The second-order valence-corrected chi connectivity index (χ2v) is 5.10. The Hall–Kier alpha value is -3.33. The van der Waals surface area contributed by atoms with Crippen LogP contribution in [0.5, 0.6) is 0 Å². The Morgan fingerprint density at radius 2 is 1.78 bits per heavy atom. The zero-order valence-corrected chi connectivity index (χ0v) is 11.6. The summed E-state index contributed by atoms with van der Waals surface area (Å²) in [5, 5.41) is 10.6. The molecule has 0 aliphatic rings. The van der Waals surface area contributed by atoms with Gasteiger partial charge in [-0.25, -0.2) is 18.7 Å². The molecule has 4 nitrogen and oxygen atoms in total. The first-order valence-electron chi connectivity index (χ1n) is 6.79. The van der Waals surface area contributed by atoms with Gasteiger partial charge in [-0.3, -0.25) is 0 Å². The van der Waals surface area contributed by atoms with E-state index in [2.05, 4.69) is 15.0 Å². The second kappa shape index (κ2) is 4.85. The summed E-state index contributed by atoms with van der Waals surface area (Å²) in [6, 6.07) is 9.21. The molecular formula is C17H8F2N4. The highest BCUT2D eigenvalue weighted by atomic mass is 19.2. The Kier molecular flexibility index (Phi) is 2.81. The number of benzene rings is 1. The number of hydrogen-bond acceptors (Lipinski definition) is 3. The third-order valence-electron chi connectivity index (χ3n) is 3.70. The number of H-pyrrole nitrogens is 1. The van der Waals surface area contributed by atoms with Crippen molar-refractivity contribution in [3.8, 4) is 17.2 Å². The summed E-state index contributed by atoms with van der Waals surface area (Å²) < 4.78 is 26.5. The first kappa shape index (κ1) is 13.3. The number of halogens is 2. The molecule has 1 N–H and O–H groups in total. The maximum atomic E-state index is 13.4. The van der Waals surface area contributed by atoms with Crippen molar-refractivity contribution in [1.82, 2.24) is 15.0 Å². The first-order chi connectivity index (χ1) is 11.2. The Bertz CT molecular complexity index is 1110. The van der Waals surface area contributed by atoms with Crippen molar-refractivity contribution in [3.63, 3.8) is 0 Å². The molecule has 0 amide bonds. The molecule has 0 saturated heterocycles. The molecule has 0 bridgehead atoms. The number of aromatic amines is 1. The fraction of sp³-hybridized carbons (Fsp3) is 0. The molecule has 0 atom stereocenters. The van der Waals surface area contributed by atoms with Crippen molar-refractivity contribution in [2.24, 2.45) is 0 Å². The van der Waals surface area contributed by atoms with E-state index in [1.54, 1.807) is 18.5 Å². The minimum absolute atomic E-state index is 0.302. The van der Waals surface area contributed by atoms with E-state index in [0.29, 0.717) is 22.5 Å². The Balaban J connectivity index is 1.97. The Morgan fingerprint density at radius 3 is 2.57 bits per heavy atom.